The molecular formula is C30H31F4N5O3. The molecule has 0 aliphatic carbocycles. The summed E-state index contributed by atoms with van der Waals surface area (Å²) >= 11 is 0. The summed E-state index contributed by atoms with van der Waals surface area (Å²) in [5.41, 5.74) is 1.27. The fourth-order valence-electron chi connectivity index (χ4n) is 5.22. The molecule has 1 aliphatic heterocycles. The van der Waals surface area contributed by atoms with Crippen LogP contribution in [0.4, 0.5) is 29.2 Å². The summed E-state index contributed by atoms with van der Waals surface area (Å²) in [5.74, 6) is -0.516. The Bertz CT molecular complexity index is 1670. The molecule has 1 fully saturated rings. The van der Waals surface area contributed by atoms with E-state index in [2.05, 4.69) is 20.6 Å². The van der Waals surface area contributed by atoms with Crippen molar-refractivity contribution in [1.29, 1.82) is 0 Å². The molecule has 3 heterocycles. The van der Waals surface area contributed by atoms with E-state index in [4.69, 9.17) is 4.74 Å². The van der Waals surface area contributed by atoms with Gasteiger partial charge in [-0.15, -0.1) is 0 Å². The molecule has 1 saturated heterocycles. The number of ether oxygens (including phenoxy) is 1. The minimum Gasteiger partial charge on any atom is -0.389 e. The van der Waals surface area contributed by atoms with Gasteiger partial charge in [0.15, 0.2) is 11.2 Å². The maximum absolute atomic E-state index is 15.0. The van der Waals surface area contributed by atoms with Crippen LogP contribution in [0.1, 0.15) is 43.1 Å². The number of halogens is 4. The third-order valence-electron chi connectivity index (χ3n) is 7.39. The number of fused-ring (bicyclic) bond motifs is 1. The van der Waals surface area contributed by atoms with Crippen LogP contribution in [-0.2, 0) is 17.5 Å². The van der Waals surface area contributed by atoms with Gasteiger partial charge in [0.25, 0.3) is 0 Å². The van der Waals surface area contributed by atoms with Gasteiger partial charge >= 0.3 is 6.18 Å². The van der Waals surface area contributed by atoms with Crippen molar-refractivity contribution in [3.05, 3.63) is 81.5 Å². The Hall–Kier alpha value is -4.03. The summed E-state index contributed by atoms with van der Waals surface area (Å²) in [4.78, 5) is 21.8. The normalized spacial score (nSPS) is 17.5. The molecule has 4 aromatic rings. The average molecular weight is 586 g/mol. The summed E-state index contributed by atoms with van der Waals surface area (Å²) < 4.78 is 61.9. The molecule has 0 saturated carbocycles. The van der Waals surface area contributed by atoms with Gasteiger partial charge in [-0.1, -0.05) is 12.1 Å². The number of anilines is 2. The predicted molar refractivity (Wildman–Crippen MR) is 152 cm³/mol. The molecule has 1 aliphatic rings. The number of benzene rings is 2. The first-order valence-electron chi connectivity index (χ1n) is 13.6. The quantitative estimate of drug-likeness (QED) is 0.240. The summed E-state index contributed by atoms with van der Waals surface area (Å²) in [6.45, 7) is 6.26. The maximum atomic E-state index is 15.0. The molecule has 2 atom stereocenters. The third-order valence-corrected chi connectivity index (χ3v) is 7.39. The minimum atomic E-state index is -4.48. The molecule has 5 rings (SSSR count). The molecule has 42 heavy (non-hydrogen) atoms. The summed E-state index contributed by atoms with van der Waals surface area (Å²) in [6.07, 6.45) is -3.66. The fraction of sp³-hybridized carbons (Fsp3) is 0.367. The lowest BCUT2D eigenvalue weighted by molar-refractivity contribution is -0.137. The number of alkyl halides is 3. The molecular weight excluding hydrogens is 554 g/mol. The van der Waals surface area contributed by atoms with Crippen LogP contribution in [0, 0.1) is 12.7 Å². The van der Waals surface area contributed by atoms with E-state index in [1.165, 1.54) is 12.1 Å². The van der Waals surface area contributed by atoms with Crippen LogP contribution < -0.4 is 16.1 Å². The molecule has 0 unspecified atom stereocenters. The largest absolute Gasteiger partial charge is 0.416 e. The minimum absolute atomic E-state index is 0.0166. The van der Waals surface area contributed by atoms with Crippen LogP contribution >= 0.6 is 0 Å². The highest BCUT2D eigenvalue weighted by atomic mass is 19.4. The van der Waals surface area contributed by atoms with Gasteiger partial charge < -0.3 is 25.0 Å². The summed E-state index contributed by atoms with van der Waals surface area (Å²) in [5, 5.41) is 16.7. The highest BCUT2D eigenvalue weighted by Crippen LogP contribution is 2.32. The van der Waals surface area contributed by atoms with Crippen molar-refractivity contribution >= 4 is 22.5 Å². The molecule has 12 heteroatoms. The first kappa shape index (κ1) is 29.5. The van der Waals surface area contributed by atoms with Crippen molar-refractivity contribution in [3.63, 3.8) is 0 Å². The van der Waals surface area contributed by atoms with Crippen LogP contribution in [0.25, 0.3) is 22.2 Å². The van der Waals surface area contributed by atoms with Crippen molar-refractivity contribution in [1.82, 2.24) is 14.5 Å². The Morgan fingerprint density at radius 3 is 2.69 bits per heavy atom. The number of nitrogens with zero attached hydrogens (tertiary/aromatic N) is 3. The number of hydrogen-bond acceptors (Lipinski definition) is 7. The lowest BCUT2D eigenvalue weighted by atomic mass is 10.0. The number of aliphatic hydroxyl groups excluding tert-OH is 1. The molecule has 0 spiro atoms. The second-order valence-electron chi connectivity index (χ2n) is 10.6. The van der Waals surface area contributed by atoms with Crippen molar-refractivity contribution in [2.45, 2.75) is 58.1 Å². The van der Waals surface area contributed by atoms with E-state index in [1.807, 2.05) is 18.4 Å². The lowest BCUT2D eigenvalue weighted by Crippen LogP contribution is -2.42. The van der Waals surface area contributed by atoms with Crippen LogP contribution in [-0.4, -0.2) is 45.0 Å². The summed E-state index contributed by atoms with van der Waals surface area (Å²) in [6, 6.07) is 9.30. The topological polar surface area (TPSA) is 101 Å². The molecule has 0 bridgehead atoms. The van der Waals surface area contributed by atoms with E-state index >= 15 is 4.39 Å². The van der Waals surface area contributed by atoms with Crippen LogP contribution in [0.15, 0.2) is 53.5 Å². The first-order chi connectivity index (χ1) is 19.9. The van der Waals surface area contributed by atoms with Crippen LogP contribution in [0.5, 0.6) is 0 Å². The Kier molecular flexibility index (Phi) is 8.20. The maximum Gasteiger partial charge on any atom is 0.416 e. The Labute approximate surface area is 239 Å². The van der Waals surface area contributed by atoms with Crippen LogP contribution in [0.3, 0.4) is 0 Å². The fourth-order valence-corrected chi connectivity index (χ4v) is 5.22. The van der Waals surface area contributed by atoms with Gasteiger partial charge in [0.2, 0.25) is 5.95 Å². The molecule has 8 nitrogen and oxygen atoms in total. The highest BCUT2D eigenvalue weighted by molar-refractivity contribution is 5.85. The zero-order chi connectivity index (χ0) is 30.2. The van der Waals surface area contributed by atoms with Gasteiger partial charge in [0.05, 0.1) is 42.6 Å². The van der Waals surface area contributed by atoms with E-state index in [-0.39, 0.29) is 48.0 Å². The van der Waals surface area contributed by atoms with Gasteiger partial charge in [-0.05, 0) is 57.5 Å². The van der Waals surface area contributed by atoms with E-state index in [0.717, 1.165) is 18.3 Å². The third kappa shape index (κ3) is 5.95. The second kappa shape index (κ2) is 11.7. The van der Waals surface area contributed by atoms with E-state index in [0.29, 0.717) is 40.8 Å². The number of aromatic nitrogens is 3. The van der Waals surface area contributed by atoms with Gasteiger partial charge in [-0.3, -0.25) is 4.79 Å². The van der Waals surface area contributed by atoms with Gasteiger partial charge in [-0.2, -0.15) is 13.2 Å². The highest BCUT2D eigenvalue weighted by Gasteiger charge is 2.30. The second-order valence-corrected chi connectivity index (χ2v) is 10.6. The standard InChI is InChI=1S/C30H31F4N5O3/c1-16(2)39-24-11-18(27-22(31)13-36-29(38-27)37-23-9-10-42-15-26(23)40)7-8-21(24)28(41)17(3)25(39)14-35-20-6-4-5-19(12-20)30(32,33)34/h4-8,11-13,16,23,26,35,40H,9-10,14-15H2,1-3H3,(H,36,37,38)/t23-,26-/m1/s1. The number of rotatable bonds is 7. The van der Waals surface area contributed by atoms with Crippen LogP contribution in [0.2, 0.25) is 0 Å². The zero-order valence-corrected chi connectivity index (χ0v) is 23.3. The SMILES string of the molecule is Cc1c(CNc2cccc(C(F)(F)F)c2)n(C(C)C)c2cc(-c3nc(N[C@@H]4CCOC[C@H]4O)ncc3F)ccc2c1=O. The Morgan fingerprint density at radius 2 is 1.98 bits per heavy atom. The predicted octanol–water partition coefficient (Wildman–Crippen LogP) is 5.68. The van der Waals surface area contributed by atoms with Crippen molar-refractivity contribution in [3.8, 4) is 11.3 Å². The van der Waals surface area contributed by atoms with E-state index < -0.39 is 23.7 Å². The van der Waals surface area contributed by atoms with Gasteiger partial charge in [0, 0.05) is 40.5 Å². The number of hydrogen-bond donors (Lipinski definition) is 3. The Balaban J connectivity index is 1.54. The molecule has 2 aromatic carbocycles. The number of pyridine rings is 1. The monoisotopic (exact) mass is 585 g/mol. The molecule has 0 amide bonds. The molecule has 2 aromatic heterocycles. The van der Waals surface area contributed by atoms with Gasteiger partial charge in [-0.25, -0.2) is 14.4 Å². The lowest BCUT2D eigenvalue weighted by Gasteiger charge is -2.28. The molecule has 0 radical (unpaired) electrons. The van der Waals surface area contributed by atoms with Crippen molar-refractivity contribution < 1.29 is 27.4 Å². The van der Waals surface area contributed by atoms with E-state index in [9.17, 15) is 23.1 Å². The first-order valence-corrected chi connectivity index (χ1v) is 13.6. The number of nitrogens with one attached hydrogen (secondary N) is 2. The van der Waals surface area contributed by atoms with Gasteiger partial charge in [0.1, 0.15) is 5.69 Å². The molecule has 3 N–H and O–H groups in total. The Morgan fingerprint density at radius 1 is 1.19 bits per heavy atom. The summed E-state index contributed by atoms with van der Waals surface area (Å²) in [7, 11) is 0. The molecule has 222 valence electrons. The van der Waals surface area contributed by atoms with Crippen molar-refractivity contribution in [2.75, 3.05) is 23.8 Å². The number of aliphatic hydroxyl groups is 1. The van der Waals surface area contributed by atoms with Crippen molar-refractivity contribution in [2.24, 2.45) is 0 Å². The smallest absolute Gasteiger partial charge is 0.389 e. The zero-order valence-electron chi connectivity index (χ0n) is 23.3. The average Bonchev–Trinajstić information content (AvgIpc) is 2.95. The van der Waals surface area contributed by atoms with E-state index in [1.54, 1.807) is 25.1 Å².